The van der Waals surface area contributed by atoms with E-state index in [0.29, 0.717) is 12.0 Å². The van der Waals surface area contributed by atoms with Crippen LogP contribution in [0.3, 0.4) is 0 Å². The molecule has 1 amide bonds. The third-order valence-corrected chi connectivity index (χ3v) is 7.89. The number of rotatable bonds is 3. The van der Waals surface area contributed by atoms with Crippen LogP contribution in [-0.4, -0.2) is 78.1 Å². The van der Waals surface area contributed by atoms with Gasteiger partial charge in [0.15, 0.2) is 0 Å². The number of fused-ring (bicyclic) bond motifs is 3. The van der Waals surface area contributed by atoms with Gasteiger partial charge in [0.05, 0.1) is 11.6 Å². The summed E-state index contributed by atoms with van der Waals surface area (Å²) in [6.45, 7) is 6.10. The molecule has 2 saturated heterocycles. The molecule has 6 rings (SSSR count). The molecule has 3 atom stereocenters. The minimum Gasteiger partial charge on any atom is -0.348 e. The van der Waals surface area contributed by atoms with Gasteiger partial charge in [-0.05, 0) is 56.8 Å². The molecule has 4 aliphatic heterocycles. The molecule has 4 aliphatic rings. The third-order valence-electron chi connectivity index (χ3n) is 7.89. The molecule has 0 saturated carbocycles. The predicted octanol–water partition coefficient (Wildman–Crippen LogP) is 2.64. The Labute approximate surface area is 178 Å². The van der Waals surface area contributed by atoms with Gasteiger partial charge in [0.25, 0.3) is 0 Å². The molecule has 5 heterocycles. The minimum atomic E-state index is -0.0330. The average Bonchev–Trinajstić information content (AvgIpc) is 3.12. The number of ether oxygens (including phenoxy) is 1. The van der Waals surface area contributed by atoms with Gasteiger partial charge in [0, 0.05) is 43.8 Å². The number of piperazine rings is 1. The van der Waals surface area contributed by atoms with Crippen LogP contribution >= 0.6 is 0 Å². The van der Waals surface area contributed by atoms with Crippen molar-refractivity contribution in [3.05, 3.63) is 35.5 Å². The summed E-state index contributed by atoms with van der Waals surface area (Å²) in [7, 11) is 2.12. The first kappa shape index (κ1) is 18.8. The Hall–Kier alpha value is -1.89. The maximum Gasteiger partial charge on any atom is 0.248 e. The molecule has 1 aromatic carbocycles. The second-order valence-corrected chi connectivity index (χ2v) is 9.57. The Kier molecular flexibility index (Phi) is 4.62. The van der Waals surface area contributed by atoms with Crippen LogP contribution in [0.2, 0.25) is 0 Å². The summed E-state index contributed by atoms with van der Waals surface area (Å²) in [6, 6.07) is 9.33. The van der Waals surface area contributed by atoms with Crippen molar-refractivity contribution >= 4 is 16.8 Å². The van der Waals surface area contributed by atoms with Crippen LogP contribution in [0, 0.1) is 5.92 Å². The Morgan fingerprint density at radius 1 is 1.10 bits per heavy atom. The number of benzene rings is 1. The molecular weight excluding hydrogens is 376 g/mol. The van der Waals surface area contributed by atoms with Crippen molar-refractivity contribution in [3.63, 3.8) is 0 Å². The molecule has 2 fully saturated rings. The molecule has 0 aliphatic carbocycles. The highest BCUT2D eigenvalue weighted by atomic mass is 16.5. The van der Waals surface area contributed by atoms with Crippen LogP contribution in [-0.2, 0) is 16.0 Å². The van der Waals surface area contributed by atoms with Crippen LogP contribution in [0.4, 0.5) is 0 Å². The molecular formula is C24H32N4O2. The summed E-state index contributed by atoms with van der Waals surface area (Å²) < 4.78 is 8.88. The number of hydrogen-bond acceptors (Lipinski definition) is 4. The molecule has 30 heavy (non-hydrogen) atoms. The number of carbonyl (C=O) groups is 1. The number of likely N-dealkylation sites (N-methyl/N-ethyl adjacent to an activating group) is 1. The Bertz CT molecular complexity index is 962. The number of hydrogen-bond donors (Lipinski definition) is 0. The molecule has 0 spiro atoms. The van der Waals surface area contributed by atoms with Crippen LogP contribution in [0.5, 0.6) is 0 Å². The highest BCUT2D eigenvalue weighted by molar-refractivity contribution is 5.86. The number of aromatic nitrogens is 1. The Balaban J connectivity index is 1.31. The van der Waals surface area contributed by atoms with Crippen molar-refractivity contribution in [2.75, 3.05) is 52.9 Å². The topological polar surface area (TPSA) is 41.0 Å². The monoisotopic (exact) mass is 408 g/mol. The fourth-order valence-electron chi connectivity index (χ4n) is 6.37. The lowest BCUT2D eigenvalue weighted by atomic mass is 9.78. The SMILES string of the molecule is CN1CCN(C(=O)COC2CC3CCCN4CCc5c(n2c2ccccc52)C34)CC1. The molecule has 0 bridgehead atoms. The fourth-order valence-corrected chi connectivity index (χ4v) is 6.37. The first-order valence-corrected chi connectivity index (χ1v) is 11.6. The summed E-state index contributed by atoms with van der Waals surface area (Å²) in [4.78, 5) is 19.8. The first-order valence-electron chi connectivity index (χ1n) is 11.6. The van der Waals surface area contributed by atoms with E-state index in [-0.39, 0.29) is 18.7 Å². The molecule has 0 N–H and O–H groups in total. The standard InChI is InChI=1S/C24H32N4O2/c1-25-11-13-26(14-12-25)21(29)16-30-22-15-17-5-4-9-27-10-8-19-18-6-2-3-7-20(18)28(22)24(19)23(17)27/h2-3,6-7,17,22-23H,4-5,8-16H2,1H3. The van der Waals surface area contributed by atoms with E-state index in [2.05, 4.69) is 45.7 Å². The quantitative estimate of drug-likeness (QED) is 0.783. The normalized spacial score (nSPS) is 29.2. The van der Waals surface area contributed by atoms with Crippen LogP contribution in [0.25, 0.3) is 10.9 Å². The lowest BCUT2D eigenvalue weighted by molar-refractivity contribution is -0.144. The van der Waals surface area contributed by atoms with Crippen molar-refractivity contribution in [3.8, 4) is 0 Å². The summed E-state index contributed by atoms with van der Waals surface area (Å²) in [5.41, 5.74) is 4.29. The number of carbonyl (C=O) groups excluding carboxylic acids is 1. The van der Waals surface area contributed by atoms with E-state index in [0.717, 1.165) is 39.0 Å². The van der Waals surface area contributed by atoms with Crippen LogP contribution in [0.15, 0.2) is 24.3 Å². The van der Waals surface area contributed by atoms with Gasteiger partial charge in [-0.15, -0.1) is 0 Å². The van der Waals surface area contributed by atoms with Crippen LogP contribution in [0.1, 0.15) is 42.8 Å². The van der Waals surface area contributed by atoms with Gasteiger partial charge in [-0.3, -0.25) is 9.69 Å². The zero-order valence-corrected chi connectivity index (χ0v) is 17.9. The lowest BCUT2D eigenvalue weighted by Crippen LogP contribution is -2.49. The van der Waals surface area contributed by atoms with Gasteiger partial charge in [-0.25, -0.2) is 0 Å². The molecule has 1 aromatic heterocycles. The van der Waals surface area contributed by atoms with Gasteiger partial charge >= 0.3 is 0 Å². The van der Waals surface area contributed by atoms with E-state index < -0.39 is 0 Å². The maximum atomic E-state index is 12.8. The molecule has 3 unspecified atom stereocenters. The van der Waals surface area contributed by atoms with Crippen LogP contribution < -0.4 is 0 Å². The molecule has 2 aromatic rings. The van der Waals surface area contributed by atoms with Crippen molar-refractivity contribution in [1.29, 1.82) is 0 Å². The Morgan fingerprint density at radius 2 is 1.93 bits per heavy atom. The number of piperidine rings is 1. The maximum absolute atomic E-state index is 12.8. The van der Waals surface area contributed by atoms with Crippen molar-refractivity contribution in [2.45, 2.75) is 38.0 Å². The third kappa shape index (κ3) is 2.92. The smallest absolute Gasteiger partial charge is 0.248 e. The van der Waals surface area contributed by atoms with Crippen molar-refractivity contribution < 1.29 is 9.53 Å². The summed E-state index contributed by atoms with van der Waals surface area (Å²) in [5, 5.41) is 1.39. The van der Waals surface area contributed by atoms with E-state index in [9.17, 15) is 4.79 Å². The van der Waals surface area contributed by atoms with Crippen molar-refractivity contribution in [1.82, 2.24) is 19.3 Å². The van der Waals surface area contributed by atoms with E-state index in [1.165, 1.54) is 48.1 Å². The minimum absolute atomic E-state index is 0.0330. The van der Waals surface area contributed by atoms with E-state index >= 15 is 0 Å². The summed E-state index contributed by atoms with van der Waals surface area (Å²) in [6.07, 6.45) is 4.66. The van der Waals surface area contributed by atoms with E-state index in [1.54, 1.807) is 0 Å². The zero-order valence-electron chi connectivity index (χ0n) is 17.9. The van der Waals surface area contributed by atoms with Gasteiger partial charge < -0.3 is 19.1 Å². The number of nitrogens with zero attached hydrogens (tertiary/aromatic N) is 4. The van der Waals surface area contributed by atoms with Gasteiger partial charge in [-0.1, -0.05) is 18.2 Å². The summed E-state index contributed by atoms with van der Waals surface area (Å²) in [5.74, 6) is 0.777. The van der Waals surface area contributed by atoms with Gasteiger partial charge in [0.1, 0.15) is 12.8 Å². The summed E-state index contributed by atoms with van der Waals surface area (Å²) >= 11 is 0. The highest BCUT2D eigenvalue weighted by Crippen LogP contribution is 2.51. The predicted molar refractivity (Wildman–Crippen MR) is 116 cm³/mol. The average molecular weight is 409 g/mol. The van der Waals surface area contributed by atoms with Crippen molar-refractivity contribution in [2.24, 2.45) is 5.92 Å². The number of para-hydroxylation sites is 1. The van der Waals surface area contributed by atoms with Gasteiger partial charge in [-0.2, -0.15) is 0 Å². The molecule has 0 radical (unpaired) electrons. The first-order chi connectivity index (χ1) is 14.7. The number of amides is 1. The lowest BCUT2D eigenvalue weighted by Gasteiger charge is -2.49. The zero-order chi connectivity index (χ0) is 20.2. The van der Waals surface area contributed by atoms with E-state index in [4.69, 9.17) is 4.74 Å². The largest absolute Gasteiger partial charge is 0.348 e. The highest BCUT2D eigenvalue weighted by Gasteiger charge is 2.45. The second-order valence-electron chi connectivity index (χ2n) is 9.57. The second kappa shape index (κ2) is 7.36. The molecule has 6 heteroatoms. The molecule has 6 nitrogen and oxygen atoms in total. The van der Waals surface area contributed by atoms with E-state index in [1.807, 2.05) is 4.90 Å². The van der Waals surface area contributed by atoms with Gasteiger partial charge in [0.2, 0.25) is 5.91 Å². The Morgan fingerprint density at radius 3 is 2.80 bits per heavy atom. The fraction of sp³-hybridized carbons (Fsp3) is 0.625. The molecule has 160 valence electrons.